The first-order valence-corrected chi connectivity index (χ1v) is 8.14. The van der Waals surface area contributed by atoms with Crippen molar-refractivity contribution in [1.82, 2.24) is 10.3 Å². The lowest BCUT2D eigenvalue weighted by Gasteiger charge is -2.38. The lowest BCUT2D eigenvalue weighted by atomic mass is 9.74. The van der Waals surface area contributed by atoms with Gasteiger partial charge in [0.2, 0.25) is 0 Å². The molecule has 0 aliphatic carbocycles. The van der Waals surface area contributed by atoms with Crippen molar-refractivity contribution in [1.29, 1.82) is 0 Å². The lowest BCUT2D eigenvalue weighted by Crippen LogP contribution is -2.44. The van der Waals surface area contributed by atoms with Gasteiger partial charge in [0, 0.05) is 37.6 Å². The van der Waals surface area contributed by atoms with Gasteiger partial charge in [-0.15, -0.1) is 0 Å². The summed E-state index contributed by atoms with van der Waals surface area (Å²) in [6.07, 6.45) is 5.01. The normalized spacial score (nSPS) is 16.4. The number of rotatable bonds is 5. The maximum Gasteiger partial charge on any atom is 0.252 e. The summed E-state index contributed by atoms with van der Waals surface area (Å²) in [5.74, 6) is 0.739. The molecule has 0 bridgehead atoms. The van der Waals surface area contributed by atoms with Crippen LogP contribution in [-0.4, -0.2) is 37.8 Å². The number of carbonyl (C=O) groups is 1. The minimum atomic E-state index is -0.109. The summed E-state index contributed by atoms with van der Waals surface area (Å²) >= 11 is 0. The van der Waals surface area contributed by atoms with Gasteiger partial charge in [-0.1, -0.05) is 12.1 Å². The minimum absolute atomic E-state index is 0.0949. The second-order valence-corrected chi connectivity index (χ2v) is 6.05. The van der Waals surface area contributed by atoms with Crippen molar-refractivity contribution in [3.05, 3.63) is 59.9 Å². The zero-order chi connectivity index (χ0) is 16.8. The lowest BCUT2D eigenvalue weighted by molar-refractivity contribution is 0.0487. The van der Waals surface area contributed by atoms with Crippen molar-refractivity contribution in [3.63, 3.8) is 0 Å². The molecule has 2 heterocycles. The fraction of sp³-hybridized carbons (Fsp3) is 0.368. The number of ether oxygens (including phenoxy) is 2. The molecule has 5 nitrogen and oxygen atoms in total. The number of hydrogen-bond acceptors (Lipinski definition) is 4. The predicted octanol–water partition coefficient (Wildman–Crippen LogP) is 2.57. The van der Waals surface area contributed by atoms with E-state index in [0.29, 0.717) is 25.3 Å². The molecular formula is C19H22N2O3. The number of benzene rings is 1. The second-order valence-electron chi connectivity index (χ2n) is 6.05. The van der Waals surface area contributed by atoms with E-state index in [1.54, 1.807) is 31.6 Å². The summed E-state index contributed by atoms with van der Waals surface area (Å²) in [5.41, 5.74) is 1.68. The molecule has 1 saturated heterocycles. The molecule has 2 aromatic rings. The van der Waals surface area contributed by atoms with Crippen LogP contribution in [0.3, 0.4) is 0 Å². The quantitative estimate of drug-likeness (QED) is 0.917. The highest BCUT2D eigenvalue weighted by molar-refractivity contribution is 5.93. The summed E-state index contributed by atoms with van der Waals surface area (Å²) in [6.45, 7) is 1.99. The Bertz CT molecular complexity index is 665. The largest absolute Gasteiger partial charge is 0.497 e. The van der Waals surface area contributed by atoms with Crippen molar-refractivity contribution in [2.45, 2.75) is 18.3 Å². The number of carbonyl (C=O) groups excluding carboxylic acids is 1. The smallest absolute Gasteiger partial charge is 0.252 e. The third-order valence-corrected chi connectivity index (χ3v) is 4.66. The maximum atomic E-state index is 12.4. The number of pyridine rings is 1. The van der Waals surface area contributed by atoms with Gasteiger partial charge in [-0.3, -0.25) is 9.78 Å². The Labute approximate surface area is 142 Å². The van der Waals surface area contributed by atoms with Crippen LogP contribution in [0.15, 0.2) is 48.8 Å². The molecule has 1 aromatic carbocycles. The van der Waals surface area contributed by atoms with Crippen LogP contribution in [0.4, 0.5) is 0 Å². The van der Waals surface area contributed by atoms with E-state index in [4.69, 9.17) is 9.47 Å². The average Bonchev–Trinajstić information content (AvgIpc) is 2.67. The van der Waals surface area contributed by atoms with Crippen molar-refractivity contribution in [3.8, 4) is 5.75 Å². The number of aromatic nitrogens is 1. The number of amides is 1. The van der Waals surface area contributed by atoms with Gasteiger partial charge >= 0.3 is 0 Å². The predicted molar refractivity (Wildman–Crippen MR) is 91.3 cm³/mol. The zero-order valence-electron chi connectivity index (χ0n) is 13.8. The fourth-order valence-electron chi connectivity index (χ4n) is 3.12. The molecule has 1 aromatic heterocycles. The molecule has 1 fully saturated rings. The maximum absolute atomic E-state index is 12.4. The van der Waals surface area contributed by atoms with Crippen LogP contribution in [0.5, 0.6) is 5.75 Å². The third kappa shape index (κ3) is 3.57. The molecule has 1 aliphatic rings. The van der Waals surface area contributed by atoms with Gasteiger partial charge in [-0.25, -0.2) is 0 Å². The second kappa shape index (κ2) is 7.45. The van der Waals surface area contributed by atoms with E-state index < -0.39 is 0 Å². The Morgan fingerprint density at radius 1 is 1.25 bits per heavy atom. The van der Waals surface area contributed by atoms with Crippen LogP contribution < -0.4 is 10.1 Å². The highest BCUT2D eigenvalue weighted by atomic mass is 16.5. The van der Waals surface area contributed by atoms with Gasteiger partial charge < -0.3 is 14.8 Å². The van der Waals surface area contributed by atoms with Gasteiger partial charge in [0.25, 0.3) is 5.91 Å². The van der Waals surface area contributed by atoms with E-state index in [1.165, 1.54) is 5.56 Å². The first-order valence-electron chi connectivity index (χ1n) is 8.14. The summed E-state index contributed by atoms with van der Waals surface area (Å²) in [5, 5.41) is 3.07. The monoisotopic (exact) mass is 326 g/mol. The summed E-state index contributed by atoms with van der Waals surface area (Å²) < 4.78 is 10.8. The van der Waals surface area contributed by atoms with E-state index in [-0.39, 0.29) is 11.3 Å². The molecule has 0 spiro atoms. The Morgan fingerprint density at radius 3 is 2.62 bits per heavy atom. The van der Waals surface area contributed by atoms with Crippen LogP contribution in [0.25, 0.3) is 0 Å². The Hall–Kier alpha value is -2.40. The molecule has 0 radical (unpaired) electrons. The molecule has 0 saturated carbocycles. The highest BCUT2D eigenvalue weighted by Gasteiger charge is 2.35. The van der Waals surface area contributed by atoms with Crippen molar-refractivity contribution >= 4 is 5.91 Å². The molecule has 24 heavy (non-hydrogen) atoms. The molecule has 1 N–H and O–H groups in total. The first-order chi connectivity index (χ1) is 11.7. The number of nitrogens with zero attached hydrogens (tertiary/aromatic N) is 1. The van der Waals surface area contributed by atoms with Crippen LogP contribution in [0.1, 0.15) is 28.8 Å². The summed E-state index contributed by atoms with van der Waals surface area (Å²) in [6, 6.07) is 11.6. The third-order valence-electron chi connectivity index (χ3n) is 4.66. The molecule has 126 valence electrons. The number of nitrogens with one attached hydrogen (secondary N) is 1. The average molecular weight is 326 g/mol. The minimum Gasteiger partial charge on any atom is -0.497 e. The highest BCUT2D eigenvalue weighted by Crippen LogP contribution is 2.35. The fourth-order valence-corrected chi connectivity index (χ4v) is 3.12. The van der Waals surface area contributed by atoms with Crippen molar-refractivity contribution < 1.29 is 14.3 Å². The Kier molecular flexibility index (Phi) is 5.11. The van der Waals surface area contributed by atoms with E-state index in [0.717, 1.165) is 18.6 Å². The first kappa shape index (κ1) is 16.5. The van der Waals surface area contributed by atoms with Crippen LogP contribution >= 0.6 is 0 Å². The van der Waals surface area contributed by atoms with Gasteiger partial charge in [0.05, 0.1) is 12.7 Å². The molecule has 0 atom stereocenters. The van der Waals surface area contributed by atoms with Crippen molar-refractivity contribution in [2.75, 3.05) is 26.9 Å². The zero-order valence-corrected chi connectivity index (χ0v) is 13.8. The number of hydrogen-bond donors (Lipinski definition) is 1. The van der Waals surface area contributed by atoms with Crippen LogP contribution in [0.2, 0.25) is 0 Å². The van der Waals surface area contributed by atoms with Crippen molar-refractivity contribution in [2.24, 2.45) is 0 Å². The SMILES string of the molecule is COc1ccc(C2(CNC(=O)c3cccnc3)CCOCC2)cc1. The molecular weight excluding hydrogens is 304 g/mol. The molecule has 5 heteroatoms. The Morgan fingerprint density at radius 2 is 2.00 bits per heavy atom. The topological polar surface area (TPSA) is 60.5 Å². The van der Waals surface area contributed by atoms with E-state index >= 15 is 0 Å². The van der Waals surface area contributed by atoms with Crippen LogP contribution in [0, 0.1) is 0 Å². The van der Waals surface area contributed by atoms with Gasteiger partial charge in [0.1, 0.15) is 5.75 Å². The van der Waals surface area contributed by atoms with Crippen LogP contribution in [-0.2, 0) is 10.2 Å². The number of methoxy groups -OCH3 is 1. The summed E-state index contributed by atoms with van der Waals surface area (Å²) in [7, 11) is 1.66. The van der Waals surface area contributed by atoms with Gasteiger partial charge in [0.15, 0.2) is 0 Å². The van der Waals surface area contributed by atoms with Gasteiger partial charge in [-0.05, 0) is 42.7 Å². The molecule has 1 amide bonds. The summed E-state index contributed by atoms with van der Waals surface area (Å²) in [4.78, 5) is 16.4. The van der Waals surface area contributed by atoms with E-state index in [9.17, 15) is 4.79 Å². The molecule has 0 unspecified atom stereocenters. The van der Waals surface area contributed by atoms with E-state index in [2.05, 4.69) is 22.4 Å². The molecule has 3 rings (SSSR count). The van der Waals surface area contributed by atoms with E-state index in [1.807, 2.05) is 12.1 Å². The Balaban J connectivity index is 1.77. The van der Waals surface area contributed by atoms with Gasteiger partial charge in [-0.2, -0.15) is 0 Å². The standard InChI is InChI=1S/C19H22N2O3/c1-23-17-6-4-16(5-7-17)19(8-11-24-12-9-19)14-21-18(22)15-3-2-10-20-13-15/h2-7,10,13H,8-9,11-12,14H2,1H3,(H,21,22). The molecule has 1 aliphatic heterocycles.